The molecule has 1 nitrogen and oxygen atoms in total. The average Bonchev–Trinajstić information content (AvgIpc) is 2.97. The molecule has 0 aliphatic heterocycles. The Bertz CT molecular complexity index is 714. The van der Waals surface area contributed by atoms with E-state index < -0.39 is 0 Å². The van der Waals surface area contributed by atoms with Crippen molar-refractivity contribution < 1.29 is 0 Å². The summed E-state index contributed by atoms with van der Waals surface area (Å²) < 4.78 is 0. The summed E-state index contributed by atoms with van der Waals surface area (Å²) in [5.74, 6) is 0. The number of hydrogen-bond acceptors (Lipinski definition) is 2. The summed E-state index contributed by atoms with van der Waals surface area (Å²) >= 11 is 8.05. The lowest BCUT2D eigenvalue weighted by Crippen LogP contribution is -1.99. The molecule has 0 spiro atoms. The zero-order valence-electron chi connectivity index (χ0n) is 11.8. The van der Waals surface area contributed by atoms with Gasteiger partial charge in [-0.3, -0.25) is 0 Å². The molecule has 1 N–H and O–H groups in total. The highest BCUT2D eigenvalue weighted by Gasteiger charge is 2.05. The van der Waals surface area contributed by atoms with Crippen LogP contribution in [0.25, 0.3) is 10.4 Å². The molecule has 0 saturated carbocycles. The van der Waals surface area contributed by atoms with Crippen molar-refractivity contribution in [3.8, 4) is 10.4 Å². The molecule has 3 aromatic rings. The molecule has 0 atom stereocenters. The second-order valence-electron chi connectivity index (χ2n) is 4.92. The number of benzene rings is 2. The van der Waals surface area contributed by atoms with Crippen LogP contribution in [0.5, 0.6) is 0 Å². The average molecular weight is 314 g/mol. The fourth-order valence-corrected chi connectivity index (χ4v) is 3.50. The first-order valence-electron chi connectivity index (χ1n) is 6.87. The van der Waals surface area contributed by atoms with E-state index in [1.807, 2.05) is 29.5 Å². The number of halogens is 1. The lowest BCUT2D eigenvalue weighted by atomic mass is 10.2. The van der Waals surface area contributed by atoms with Crippen LogP contribution >= 0.6 is 22.9 Å². The Morgan fingerprint density at radius 3 is 2.52 bits per heavy atom. The number of nitrogens with one attached hydrogen (secondary N) is 1. The Balaban J connectivity index is 1.74. The Morgan fingerprint density at radius 1 is 0.952 bits per heavy atom. The van der Waals surface area contributed by atoms with Gasteiger partial charge in [-0.2, -0.15) is 0 Å². The molecular formula is C18H16ClNS. The largest absolute Gasteiger partial charge is 0.379 e. The molecule has 0 radical (unpaired) electrons. The molecule has 1 heterocycles. The van der Waals surface area contributed by atoms with Crippen LogP contribution in [0, 0.1) is 6.92 Å². The van der Waals surface area contributed by atoms with Crippen LogP contribution in [0.1, 0.15) is 10.4 Å². The van der Waals surface area contributed by atoms with Gasteiger partial charge >= 0.3 is 0 Å². The maximum absolute atomic E-state index is 6.24. The van der Waals surface area contributed by atoms with Gasteiger partial charge < -0.3 is 5.32 Å². The summed E-state index contributed by atoms with van der Waals surface area (Å²) in [6.07, 6.45) is 0. The third kappa shape index (κ3) is 3.29. The van der Waals surface area contributed by atoms with E-state index in [1.165, 1.54) is 20.9 Å². The van der Waals surface area contributed by atoms with Crippen LogP contribution in [-0.4, -0.2) is 0 Å². The Kier molecular flexibility index (Phi) is 4.28. The van der Waals surface area contributed by atoms with Gasteiger partial charge in [0.25, 0.3) is 0 Å². The van der Waals surface area contributed by atoms with Gasteiger partial charge in [-0.15, -0.1) is 11.3 Å². The Morgan fingerprint density at radius 2 is 1.76 bits per heavy atom. The van der Waals surface area contributed by atoms with Crippen LogP contribution < -0.4 is 5.32 Å². The molecule has 0 aliphatic rings. The predicted octanol–water partition coefficient (Wildman–Crippen LogP) is 5.99. The van der Waals surface area contributed by atoms with Crippen molar-refractivity contribution in [3.63, 3.8) is 0 Å². The van der Waals surface area contributed by atoms with Crippen molar-refractivity contribution in [2.24, 2.45) is 0 Å². The Labute approximate surface area is 134 Å². The van der Waals surface area contributed by atoms with E-state index in [0.29, 0.717) is 0 Å². The standard InChI is InChI=1S/C18H16ClNS/c1-13-6-5-9-16(19)18(13)20-12-15-10-11-17(21-15)14-7-3-2-4-8-14/h2-11,20H,12H2,1H3. The molecule has 21 heavy (non-hydrogen) atoms. The molecule has 0 fully saturated rings. The van der Waals surface area contributed by atoms with Crippen molar-refractivity contribution in [2.45, 2.75) is 13.5 Å². The van der Waals surface area contributed by atoms with Crippen LogP contribution in [0.2, 0.25) is 5.02 Å². The molecule has 0 bridgehead atoms. The van der Waals surface area contributed by atoms with Gasteiger partial charge in [0.1, 0.15) is 0 Å². The number of hydrogen-bond donors (Lipinski definition) is 1. The van der Waals surface area contributed by atoms with E-state index >= 15 is 0 Å². The van der Waals surface area contributed by atoms with Gasteiger partial charge in [0.2, 0.25) is 0 Å². The molecule has 0 aliphatic carbocycles. The fraction of sp³-hybridized carbons (Fsp3) is 0.111. The minimum Gasteiger partial charge on any atom is -0.379 e. The van der Waals surface area contributed by atoms with Crippen LogP contribution in [-0.2, 0) is 6.54 Å². The first-order chi connectivity index (χ1) is 10.2. The van der Waals surface area contributed by atoms with Crippen molar-refractivity contribution >= 4 is 28.6 Å². The predicted molar refractivity (Wildman–Crippen MR) is 93.3 cm³/mol. The van der Waals surface area contributed by atoms with Gasteiger partial charge in [0, 0.05) is 16.3 Å². The maximum Gasteiger partial charge on any atom is 0.0640 e. The van der Waals surface area contributed by atoms with E-state index in [0.717, 1.165) is 17.3 Å². The molecule has 1 aromatic heterocycles. The number of para-hydroxylation sites is 1. The quantitative estimate of drug-likeness (QED) is 0.624. The second kappa shape index (κ2) is 6.33. The van der Waals surface area contributed by atoms with Gasteiger partial charge in [0.15, 0.2) is 0 Å². The van der Waals surface area contributed by atoms with Crippen LogP contribution in [0.4, 0.5) is 5.69 Å². The van der Waals surface area contributed by atoms with Crippen molar-refractivity contribution in [1.82, 2.24) is 0 Å². The Hall–Kier alpha value is -1.77. The lowest BCUT2D eigenvalue weighted by molar-refractivity contribution is 1.18. The fourth-order valence-electron chi connectivity index (χ4n) is 2.26. The number of aryl methyl sites for hydroxylation is 1. The van der Waals surface area contributed by atoms with Gasteiger partial charge in [-0.05, 0) is 36.2 Å². The zero-order chi connectivity index (χ0) is 14.7. The summed E-state index contributed by atoms with van der Waals surface area (Å²) in [7, 11) is 0. The van der Waals surface area contributed by atoms with E-state index in [9.17, 15) is 0 Å². The molecule has 2 aromatic carbocycles. The van der Waals surface area contributed by atoms with E-state index in [4.69, 9.17) is 11.6 Å². The van der Waals surface area contributed by atoms with Gasteiger partial charge in [-0.1, -0.05) is 54.1 Å². The SMILES string of the molecule is Cc1cccc(Cl)c1NCc1ccc(-c2ccccc2)s1. The lowest BCUT2D eigenvalue weighted by Gasteiger charge is -2.10. The van der Waals surface area contributed by atoms with Crippen molar-refractivity contribution in [2.75, 3.05) is 5.32 Å². The summed E-state index contributed by atoms with van der Waals surface area (Å²) in [6, 6.07) is 20.8. The summed E-state index contributed by atoms with van der Waals surface area (Å²) in [4.78, 5) is 2.59. The normalized spacial score (nSPS) is 10.6. The van der Waals surface area contributed by atoms with E-state index in [2.05, 4.69) is 54.7 Å². The second-order valence-corrected chi connectivity index (χ2v) is 6.49. The topological polar surface area (TPSA) is 12.0 Å². The number of anilines is 1. The minimum absolute atomic E-state index is 0.773. The molecule has 106 valence electrons. The minimum atomic E-state index is 0.773. The molecule has 3 rings (SSSR count). The van der Waals surface area contributed by atoms with E-state index in [-0.39, 0.29) is 0 Å². The highest BCUT2D eigenvalue weighted by Crippen LogP contribution is 2.30. The zero-order valence-corrected chi connectivity index (χ0v) is 13.3. The smallest absolute Gasteiger partial charge is 0.0640 e. The third-order valence-electron chi connectivity index (χ3n) is 3.38. The van der Waals surface area contributed by atoms with Crippen LogP contribution in [0.15, 0.2) is 60.7 Å². The van der Waals surface area contributed by atoms with Gasteiger partial charge in [0.05, 0.1) is 10.7 Å². The molecule has 0 unspecified atom stereocenters. The summed E-state index contributed by atoms with van der Waals surface area (Å²) in [6.45, 7) is 2.86. The highest BCUT2D eigenvalue weighted by atomic mass is 35.5. The summed E-state index contributed by atoms with van der Waals surface area (Å²) in [5.41, 5.74) is 3.46. The molecular weight excluding hydrogens is 298 g/mol. The van der Waals surface area contributed by atoms with E-state index in [1.54, 1.807) is 0 Å². The van der Waals surface area contributed by atoms with Crippen molar-refractivity contribution in [1.29, 1.82) is 0 Å². The molecule has 3 heteroatoms. The molecule has 0 saturated heterocycles. The number of thiophene rings is 1. The highest BCUT2D eigenvalue weighted by molar-refractivity contribution is 7.15. The van der Waals surface area contributed by atoms with Crippen molar-refractivity contribution in [3.05, 3.63) is 76.1 Å². The maximum atomic E-state index is 6.24. The first kappa shape index (κ1) is 14.2. The molecule has 0 amide bonds. The summed E-state index contributed by atoms with van der Waals surface area (Å²) in [5, 5.41) is 4.21. The number of rotatable bonds is 4. The monoisotopic (exact) mass is 313 g/mol. The van der Waals surface area contributed by atoms with Gasteiger partial charge in [-0.25, -0.2) is 0 Å². The third-order valence-corrected chi connectivity index (χ3v) is 4.83. The van der Waals surface area contributed by atoms with Crippen LogP contribution in [0.3, 0.4) is 0 Å². The first-order valence-corrected chi connectivity index (χ1v) is 8.06.